The van der Waals surface area contributed by atoms with Crippen molar-refractivity contribution in [2.24, 2.45) is 4.99 Å². The van der Waals surface area contributed by atoms with Gasteiger partial charge < -0.3 is 0 Å². The summed E-state index contributed by atoms with van der Waals surface area (Å²) in [6, 6.07) is 19.1. The molecule has 0 bridgehead atoms. The molecule has 0 aliphatic carbocycles. The molecule has 126 valence electrons. The Morgan fingerprint density at radius 3 is 2.24 bits per heavy atom. The van der Waals surface area contributed by atoms with E-state index in [4.69, 9.17) is 4.99 Å². The van der Waals surface area contributed by atoms with Crippen LogP contribution in [-0.4, -0.2) is 11.2 Å². The zero-order valence-electron chi connectivity index (χ0n) is 15.3. The third-order valence-electron chi connectivity index (χ3n) is 4.32. The zero-order chi connectivity index (χ0) is 17.8. The standard InChI is InChI=1S/C23H24N2/c1-16-8-9-22(19(4)12-16)23(20-13-17(2)11-18(3)14-20)25-15-21-7-5-6-10-24-21/h5-15,23H,1-4H3/b25-15+. The highest BCUT2D eigenvalue weighted by Gasteiger charge is 2.15. The summed E-state index contributed by atoms with van der Waals surface area (Å²) in [6.45, 7) is 8.56. The van der Waals surface area contributed by atoms with Crippen LogP contribution in [0.5, 0.6) is 0 Å². The van der Waals surface area contributed by atoms with E-state index in [1.165, 1.54) is 33.4 Å². The molecule has 0 saturated carbocycles. The molecule has 2 aromatic carbocycles. The molecule has 0 spiro atoms. The summed E-state index contributed by atoms with van der Waals surface area (Å²) in [6.07, 6.45) is 3.67. The monoisotopic (exact) mass is 328 g/mol. The third-order valence-corrected chi connectivity index (χ3v) is 4.32. The number of hydrogen-bond donors (Lipinski definition) is 0. The molecule has 0 radical (unpaired) electrons. The summed E-state index contributed by atoms with van der Waals surface area (Å²) in [5.74, 6) is 0. The largest absolute Gasteiger partial charge is 0.278 e. The van der Waals surface area contributed by atoms with Crippen LogP contribution in [0, 0.1) is 27.7 Å². The topological polar surface area (TPSA) is 25.2 Å². The van der Waals surface area contributed by atoms with E-state index in [1.54, 1.807) is 6.20 Å². The van der Waals surface area contributed by atoms with Gasteiger partial charge >= 0.3 is 0 Å². The lowest BCUT2D eigenvalue weighted by molar-refractivity contribution is 0.863. The number of pyridine rings is 1. The smallest absolute Gasteiger partial charge is 0.100 e. The Labute approximate surface area is 150 Å². The van der Waals surface area contributed by atoms with E-state index in [9.17, 15) is 0 Å². The first kappa shape index (κ1) is 17.1. The second kappa shape index (κ2) is 7.43. The van der Waals surface area contributed by atoms with Crippen molar-refractivity contribution in [1.29, 1.82) is 0 Å². The van der Waals surface area contributed by atoms with Crippen molar-refractivity contribution in [2.45, 2.75) is 33.7 Å². The van der Waals surface area contributed by atoms with E-state index >= 15 is 0 Å². The second-order valence-electron chi connectivity index (χ2n) is 6.72. The first-order valence-corrected chi connectivity index (χ1v) is 8.62. The lowest BCUT2D eigenvalue weighted by Gasteiger charge is -2.18. The Bertz CT molecular complexity index is 875. The lowest BCUT2D eigenvalue weighted by Crippen LogP contribution is -2.03. The van der Waals surface area contributed by atoms with Gasteiger partial charge in [0, 0.05) is 12.4 Å². The van der Waals surface area contributed by atoms with E-state index in [0.29, 0.717) is 0 Å². The van der Waals surface area contributed by atoms with Gasteiger partial charge in [0.25, 0.3) is 0 Å². The van der Waals surface area contributed by atoms with Gasteiger partial charge in [-0.2, -0.15) is 0 Å². The van der Waals surface area contributed by atoms with Crippen LogP contribution in [-0.2, 0) is 0 Å². The molecule has 0 N–H and O–H groups in total. The number of hydrogen-bond acceptors (Lipinski definition) is 2. The van der Waals surface area contributed by atoms with Crippen LogP contribution in [0.4, 0.5) is 0 Å². The summed E-state index contributed by atoms with van der Waals surface area (Å²) in [7, 11) is 0. The van der Waals surface area contributed by atoms with E-state index in [-0.39, 0.29) is 6.04 Å². The number of nitrogens with zero attached hydrogens (tertiary/aromatic N) is 2. The lowest BCUT2D eigenvalue weighted by atomic mass is 9.92. The molecule has 25 heavy (non-hydrogen) atoms. The molecule has 0 saturated heterocycles. The van der Waals surface area contributed by atoms with Crippen molar-refractivity contribution < 1.29 is 0 Å². The SMILES string of the molecule is Cc1cc(C)cc(C(/N=C/c2ccccn2)c2ccc(C)cc2C)c1. The summed E-state index contributed by atoms with van der Waals surface area (Å²) in [5.41, 5.74) is 8.40. The second-order valence-corrected chi connectivity index (χ2v) is 6.72. The molecule has 1 atom stereocenters. The zero-order valence-corrected chi connectivity index (χ0v) is 15.3. The molecule has 0 amide bonds. The normalized spacial score (nSPS) is 12.5. The van der Waals surface area contributed by atoms with Crippen LogP contribution in [0.15, 0.2) is 65.8 Å². The van der Waals surface area contributed by atoms with Crippen molar-refractivity contribution in [3.8, 4) is 0 Å². The van der Waals surface area contributed by atoms with Gasteiger partial charge in [-0.25, -0.2) is 0 Å². The van der Waals surface area contributed by atoms with Crippen molar-refractivity contribution in [1.82, 2.24) is 4.98 Å². The van der Waals surface area contributed by atoms with Gasteiger partial charge in [-0.15, -0.1) is 0 Å². The quantitative estimate of drug-likeness (QED) is 0.579. The Kier molecular flexibility index (Phi) is 5.08. The third kappa shape index (κ3) is 4.21. The minimum Gasteiger partial charge on any atom is -0.278 e. The Hall–Kier alpha value is -2.74. The Balaban J connectivity index is 2.09. The van der Waals surface area contributed by atoms with Gasteiger partial charge in [0.1, 0.15) is 6.04 Å². The molecule has 0 aliphatic heterocycles. The van der Waals surface area contributed by atoms with E-state index in [1.807, 2.05) is 24.4 Å². The van der Waals surface area contributed by atoms with Crippen molar-refractivity contribution in [3.63, 3.8) is 0 Å². The summed E-state index contributed by atoms with van der Waals surface area (Å²) in [4.78, 5) is 9.28. The highest BCUT2D eigenvalue weighted by Crippen LogP contribution is 2.30. The fourth-order valence-corrected chi connectivity index (χ4v) is 3.25. The molecule has 2 nitrogen and oxygen atoms in total. The molecule has 0 aliphatic rings. The number of aliphatic imine (C=N–C) groups is 1. The molecule has 3 rings (SSSR count). The average molecular weight is 328 g/mol. The molecule has 2 heteroatoms. The van der Waals surface area contributed by atoms with Crippen molar-refractivity contribution >= 4 is 6.21 Å². The van der Waals surface area contributed by atoms with Crippen LogP contribution >= 0.6 is 0 Å². The minimum absolute atomic E-state index is 0.0267. The van der Waals surface area contributed by atoms with Gasteiger partial charge in [-0.3, -0.25) is 9.98 Å². The highest BCUT2D eigenvalue weighted by molar-refractivity contribution is 5.77. The number of benzene rings is 2. The van der Waals surface area contributed by atoms with Gasteiger partial charge in [-0.05, 0) is 56.5 Å². The van der Waals surface area contributed by atoms with Crippen molar-refractivity contribution in [2.75, 3.05) is 0 Å². The number of aryl methyl sites for hydroxylation is 4. The van der Waals surface area contributed by atoms with Crippen LogP contribution in [0.2, 0.25) is 0 Å². The maximum absolute atomic E-state index is 4.92. The molecule has 0 fully saturated rings. The first-order valence-electron chi connectivity index (χ1n) is 8.62. The molecule has 1 heterocycles. The van der Waals surface area contributed by atoms with Gasteiger partial charge in [0.05, 0.1) is 5.69 Å². The van der Waals surface area contributed by atoms with Crippen LogP contribution in [0.1, 0.15) is 45.1 Å². The van der Waals surface area contributed by atoms with E-state index < -0.39 is 0 Å². The van der Waals surface area contributed by atoms with Crippen LogP contribution in [0.25, 0.3) is 0 Å². The number of aromatic nitrogens is 1. The summed E-state index contributed by atoms with van der Waals surface area (Å²) < 4.78 is 0. The fraction of sp³-hybridized carbons (Fsp3) is 0.217. The maximum atomic E-state index is 4.92. The minimum atomic E-state index is -0.0267. The van der Waals surface area contributed by atoms with Gasteiger partial charge in [0.15, 0.2) is 0 Å². The predicted molar refractivity (Wildman–Crippen MR) is 106 cm³/mol. The average Bonchev–Trinajstić information content (AvgIpc) is 2.57. The summed E-state index contributed by atoms with van der Waals surface area (Å²) in [5, 5.41) is 0. The fourth-order valence-electron chi connectivity index (χ4n) is 3.25. The van der Waals surface area contributed by atoms with Crippen LogP contribution in [0.3, 0.4) is 0 Å². The first-order chi connectivity index (χ1) is 12.0. The Morgan fingerprint density at radius 1 is 0.840 bits per heavy atom. The summed E-state index contributed by atoms with van der Waals surface area (Å²) >= 11 is 0. The van der Waals surface area contributed by atoms with Crippen molar-refractivity contribution in [3.05, 3.63) is 99.9 Å². The van der Waals surface area contributed by atoms with Gasteiger partial charge in [-0.1, -0.05) is 59.2 Å². The van der Waals surface area contributed by atoms with Crippen LogP contribution < -0.4 is 0 Å². The molecular formula is C23H24N2. The molecular weight excluding hydrogens is 304 g/mol. The molecule has 3 aromatic rings. The predicted octanol–water partition coefficient (Wildman–Crippen LogP) is 5.52. The molecule has 1 aromatic heterocycles. The number of rotatable bonds is 4. The highest BCUT2D eigenvalue weighted by atomic mass is 14.8. The van der Waals surface area contributed by atoms with E-state index in [2.05, 4.69) is 69.1 Å². The van der Waals surface area contributed by atoms with Gasteiger partial charge in [0.2, 0.25) is 0 Å². The Morgan fingerprint density at radius 2 is 1.60 bits per heavy atom. The molecule has 1 unspecified atom stereocenters. The van der Waals surface area contributed by atoms with E-state index in [0.717, 1.165) is 5.69 Å². The maximum Gasteiger partial charge on any atom is 0.100 e.